The molecule has 0 fully saturated rings. The number of rotatable bonds is 3. The summed E-state index contributed by atoms with van der Waals surface area (Å²) in [5, 5.41) is 12.4. The smallest absolute Gasteiger partial charge is 0.256 e. The molecular weight excluding hydrogens is 228 g/mol. The lowest BCUT2D eigenvalue weighted by Crippen LogP contribution is -2.37. The lowest BCUT2D eigenvalue weighted by Gasteiger charge is -2.14. The van der Waals surface area contributed by atoms with Crippen molar-refractivity contribution >= 4 is 16.9 Å². The second-order valence-electron chi connectivity index (χ2n) is 4.47. The Morgan fingerprint density at radius 2 is 2.11 bits per heavy atom. The highest BCUT2D eigenvalue weighted by atomic mass is 16.3. The van der Waals surface area contributed by atoms with Gasteiger partial charge < -0.3 is 9.73 Å². The van der Waals surface area contributed by atoms with Crippen molar-refractivity contribution in [3.8, 4) is 6.07 Å². The Bertz CT molecular complexity index is 608. The number of hydrogen-bond donors (Lipinski definition) is 1. The van der Waals surface area contributed by atoms with Crippen LogP contribution in [0.4, 0.5) is 0 Å². The molecule has 2 rings (SSSR count). The Morgan fingerprint density at radius 1 is 1.39 bits per heavy atom. The minimum absolute atomic E-state index is 0.0668. The van der Waals surface area contributed by atoms with Crippen LogP contribution in [0.15, 0.2) is 34.9 Å². The van der Waals surface area contributed by atoms with E-state index in [0.29, 0.717) is 11.1 Å². The molecule has 0 aliphatic carbocycles. The zero-order chi connectivity index (χ0) is 13.1. The zero-order valence-corrected chi connectivity index (χ0v) is 10.3. The maximum atomic E-state index is 12.1. The summed E-state index contributed by atoms with van der Waals surface area (Å²) in [5.41, 5.74) is 1.13. The number of amides is 1. The van der Waals surface area contributed by atoms with E-state index in [2.05, 4.69) is 11.4 Å². The molecule has 1 aromatic carbocycles. The molecule has 18 heavy (non-hydrogen) atoms. The number of hydrogen-bond acceptors (Lipinski definition) is 3. The highest BCUT2D eigenvalue weighted by Gasteiger charge is 2.19. The average molecular weight is 242 g/mol. The van der Waals surface area contributed by atoms with Gasteiger partial charge in [-0.05, 0) is 12.0 Å². The van der Waals surface area contributed by atoms with Crippen LogP contribution in [0.25, 0.3) is 11.0 Å². The van der Waals surface area contributed by atoms with Crippen LogP contribution in [0, 0.1) is 17.2 Å². The van der Waals surface area contributed by atoms with E-state index in [-0.39, 0.29) is 11.8 Å². The van der Waals surface area contributed by atoms with Gasteiger partial charge in [0.15, 0.2) is 0 Å². The first-order chi connectivity index (χ1) is 8.63. The van der Waals surface area contributed by atoms with E-state index in [1.165, 1.54) is 6.26 Å². The second kappa shape index (κ2) is 4.92. The van der Waals surface area contributed by atoms with Crippen molar-refractivity contribution in [2.24, 2.45) is 5.92 Å². The van der Waals surface area contributed by atoms with E-state index < -0.39 is 6.04 Å². The first-order valence-electron chi connectivity index (χ1n) is 5.80. The average Bonchev–Trinajstić information content (AvgIpc) is 2.79. The third-order valence-electron chi connectivity index (χ3n) is 2.82. The molecular formula is C14H14N2O2. The van der Waals surface area contributed by atoms with Crippen molar-refractivity contribution in [3.63, 3.8) is 0 Å². The van der Waals surface area contributed by atoms with Gasteiger partial charge in [0.25, 0.3) is 5.91 Å². The van der Waals surface area contributed by atoms with E-state index in [1.54, 1.807) is 6.07 Å². The van der Waals surface area contributed by atoms with Crippen molar-refractivity contribution in [1.29, 1.82) is 5.26 Å². The molecule has 0 bridgehead atoms. The summed E-state index contributed by atoms with van der Waals surface area (Å²) >= 11 is 0. The van der Waals surface area contributed by atoms with Crippen LogP contribution < -0.4 is 5.32 Å². The molecule has 4 heteroatoms. The number of carbonyl (C=O) groups is 1. The van der Waals surface area contributed by atoms with Crippen molar-refractivity contribution in [3.05, 3.63) is 36.1 Å². The number of carbonyl (C=O) groups excluding carboxylic acids is 1. The van der Waals surface area contributed by atoms with Gasteiger partial charge in [-0.2, -0.15) is 5.26 Å². The number of fused-ring (bicyclic) bond motifs is 1. The van der Waals surface area contributed by atoms with E-state index in [4.69, 9.17) is 9.68 Å². The van der Waals surface area contributed by atoms with Crippen molar-refractivity contribution in [2.75, 3.05) is 0 Å². The molecule has 0 aliphatic rings. The summed E-state index contributed by atoms with van der Waals surface area (Å²) in [7, 11) is 0. The molecule has 1 N–H and O–H groups in total. The summed E-state index contributed by atoms with van der Waals surface area (Å²) in [4.78, 5) is 12.1. The maximum absolute atomic E-state index is 12.1. The summed E-state index contributed by atoms with van der Waals surface area (Å²) in [6.07, 6.45) is 1.43. The van der Waals surface area contributed by atoms with Crippen LogP contribution in [-0.2, 0) is 0 Å². The predicted molar refractivity (Wildman–Crippen MR) is 67.9 cm³/mol. The first kappa shape index (κ1) is 12.2. The Kier molecular flexibility index (Phi) is 3.33. The topological polar surface area (TPSA) is 66.0 Å². The predicted octanol–water partition coefficient (Wildman–Crippen LogP) is 2.71. The Labute approximate surface area is 105 Å². The molecule has 1 unspecified atom stereocenters. The number of para-hydroxylation sites is 1. The van der Waals surface area contributed by atoms with E-state index >= 15 is 0 Å². The largest absolute Gasteiger partial charge is 0.463 e. The number of nitrogens with zero attached hydrogens (tertiary/aromatic N) is 1. The van der Waals surface area contributed by atoms with E-state index in [0.717, 1.165) is 5.39 Å². The molecule has 1 amide bonds. The van der Waals surface area contributed by atoms with Crippen LogP contribution in [0.5, 0.6) is 0 Å². The lowest BCUT2D eigenvalue weighted by molar-refractivity contribution is 0.0938. The summed E-state index contributed by atoms with van der Waals surface area (Å²) in [5.74, 6) is -0.211. The number of nitriles is 1. The second-order valence-corrected chi connectivity index (χ2v) is 4.47. The Morgan fingerprint density at radius 3 is 2.78 bits per heavy atom. The molecule has 0 saturated carbocycles. The van der Waals surface area contributed by atoms with Crippen LogP contribution in [0.1, 0.15) is 24.2 Å². The van der Waals surface area contributed by atoms with Gasteiger partial charge in [0, 0.05) is 5.39 Å². The molecule has 1 aromatic heterocycles. The van der Waals surface area contributed by atoms with Gasteiger partial charge >= 0.3 is 0 Å². The third kappa shape index (κ3) is 2.21. The van der Waals surface area contributed by atoms with Crippen molar-refractivity contribution in [2.45, 2.75) is 19.9 Å². The molecule has 0 saturated heterocycles. The van der Waals surface area contributed by atoms with Gasteiger partial charge in [-0.15, -0.1) is 0 Å². The van der Waals surface area contributed by atoms with Gasteiger partial charge in [0.1, 0.15) is 17.9 Å². The van der Waals surface area contributed by atoms with Crippen LogP contribution in [0.3, 0.4) is 0 Å². The molecule has 92 valence electrons. The number of benzene rings is 1. The highest BCUT2D eigenvalue weighted by Crippen LogP contribution is 2.20. The van der Waals surface area contributed by atoms with Gasteiger partial charge in [-0.25, -0.2) is 0 Å². The van der Waals surface area contributed by atoms with Crippen molar-refractivity contribution in [1.82, 2.24) is 5.32 Å². The maximum Gasteiger partial charge on any atom is 0.256 e. The van der Waals surface area contributed by atoms with Gasteiger partial charge in [0.05, 0.1) is 11.6 Å². The van der Waals surface area contributed by atoms with Crippen molar-refractivity contribution < 1.29 is 9.21 Å². The van der Waals surface area contributed by atoms with Crippen LogP contribution in [0.2, 0.25) is 0 Å². The monoisotopic (exact) mass is 242 g/mol. The molecule has 1 atom stereocenters. The quantitative estimate of drug-likeness (QED) is 0.899. The number of furan rings is 1. The zero-order valence-electron chi connectivity index (χ0n) is 10.3. The summed E-state index contributed by atoms with van der Waals surface area (Å²) in [6.45, 7) is 3.78. The van der Waals surface area contributed by atoms with Gasteiger partial charge in [-0.1, -0.05) is 32.0 Å². The highest BCUT2D eigenvalue weighted by molar-refractivity contribution is 6.06. The standard InChI is InChI=1S/C14H14N2O2/c1-9(2)12(7-15)16-14(17)11-8-18-13-6-4-3-5-10(11)13/h3-6,8-9,12H,1-2H3,(H,16,17). The van der Waals surface area contributed by atoms with Gasteiger partial charge in [0.2, 0.25) is 0 Å². The molecule has 0 aliphatic heterocycles. The Balaban J connectivity index is 2.27. The fraction of sp³-hybridized carbons (Fsp3) is 0.286. The first-order valence-corrected chi connectivity index (χ1v) is 5.80. The third-order valence-corrected chi connectivity index (χ3v) is 2.82. The molecule has 4 nitrogen and oxygen atoms in total. The fourth-order valence-electron chi connectivity index (χ4n) is 1.72. The van der Waals surface area contributed by atoms with Gasteiger partial charge in [-0.3, -0.25) is 4.79 Å². The molecule has 0 spiro atoms. The summed E-state index contributed by atoms with van der Waals surface area (Å²) < 4.78 is 5.30. The fourth-order valence-corrected chi connectivity index (χ4v) is 1.72. The molecule has 2 aromatic rings. The normalized spacial score (nSPS) is 12.3. The minimum Gasteiger partial charge on any atom is -0.463 e. The van der Waals surface area contributed by atoms with E-state index in [1.807, 2.05) is 32.0 Å². The van der Waals surface area contributed by atoms with Crippen LogP contribution >= 0.6 is 0 Å². The molecule has 0 radical (unpaired) electrons. The number of nitrogens with one attached hydrogen (secondary N) is 1. The Hall–Kier alpha value is -2.28. The van der Waals surface area contributed by atoms with Crippen LogP contribution in [-0.4, -0.2) is 11.9 Å². The minimum atomic E-state index is -0.494. The lowest BCUT2D eigenvalue weighted by atomic mass is 10.1. The summed E-state index contributed by atoms with van der Waals surface area (Å²) in [6, 6.07) is 8.90. The molecule has 1 heterocycles. The SMILES string of the molecule is CC(C)C(C#N)NC(=O)c1coc2ccccc12. The van der Waals surface area contributed by atoms with E-state index in [9.17, 15) is 4.79 Å².